The summed E-state index contributed by atoms with van der Waals surface area (Å²) in [6.45, 7) is 11.0. The van der Waals surface area contributed by atoms with Gasteiger partial charge in [-0.15, -0.1) is 0 Å². The van der Waals surface area contributed by atoms with E-state index in [0.717, 1.165) is 51.7 Å². The first-order valence-corrected chi connectivity index (χ1v) is 14.7. The lowest BCUT2D eigenvalue weighted by Gasteiger charge is -2.26. The van der Waals surface area contributed by atoms with E-state index in [1.807, 2.05) is 70.2 Å². The molecule has 1 unspecified atom stereocenters. The number of amides is 1. The van der Waals surface area contributed by atoms with E-state index >= 15 is 0 Å². The van der Waals surface area contributed by atoms with Gasteiger partial charge in [-0.05, 0) is 83.7 Å². The van der Waals surface area contributed by atoms with Crippen LogP contribution >= 0.6 is 27.5 Å². The molecule has 1 amide bonds. The highest BCUT2D eigenvalue weighted by atomic mass is 79.9. The molecule has 1 aromatic heterocycles. The van der Waals surface area contributed by atoms with Gasteiger partial charge in [-0.2, -0.15) is 0 Å². The van der Waals surface area contributed by atoms with Gasteiger partial charge < -0.3 is 15.0 Å². The average molecular weight is 615 g/mol. The number of hydrogen-bond donors (Lipinski definition) is 1. The van der Waals surface area contributed by atoms with Crippen LogP contribution in [0.4, 0.5) is 5.82 Å². The summed E-state index contributed by atoms with van der Waals surface area (Å²) in [6, 6.07) is 13.8. The molecule has 1 fully saturated rings. The minimum Gasteiger partial charge on any atom is -0.460 e. The Bertz CT molecular complexity index is 1370. The SMILES string of the molecule is Cc1c(N2CCC[C@H]2C)nc2ccc(Br)cc2c1C(=O)NCC(CCC(=O)OC(C)(C)C)c1ccccc1Cl. The van der Waals surface area contributed by atoms with Gasteiger partial charge in [-0.25, -0.2) is 4.98 Å². The fraction of sp³-hybridized carbons (Fsp3) is 0.452. The lowest BCUT2D eigenvalue weighted by atomic mass is 9.93. The van der Waals surface area contributed by atoms with Crippen LogP contribution in [0.5, 0.6) is 0 Å². The van der Waals surface area contributed by atoms with Crippen LogP contribution < -0.4 is 10.2 Å². The summed E-state index contributed by atoms with van der Waals surface area (Å²) in [5.74, 6) is 0.275. The maximum atomic E-state index is 13.9. The van der Waals surface area contributed by atoms with Crippen LogP contribution in [-0.4, -0.2) is 41.6 Å². The van der Waals surface area contributed by atoms with E-state index in [-0.39, 0.29) is 24.2 Å². The molecule has 4 rings (SSSR count). The Morgan fingerprint density at radius 3 is 2.64 bits per heavy atom. The first kappa shape index (κ1) is 29.3. The van der Waals surface area contributed by atoms with Crippen LogP contribution in [0.3, 0.4) is 0 Å². The predicted molar refractivity (Wildman–Crippen MR) is 162 cm³/mol. The number of esters is 1. The lowest BCUT2D eigenvalue weighted by Crippen LogP contribution is -2.32. The molecular weight excluding hydrogens is 578 g/mol. The Labute approximate surface area is 244 Å². The molecule has 1 N–H and O–H groups in total. The Kier molecular flexibility index (Phi) is 9.22. The average Bonchev–Trinajstić information content (AvgIpc) is 3.28. The van der Waals surface area contributed by atoms with Crippen molar-refractivity contribution in [3.63, 3.8) is 0 Å². The molecule has 8 heteroatoms. The number of carbonyl (C=O) groups is 2. The van der Waals surface area contributed by atoms with Crippen LogP contribution in [0.2, 0.25) is 5.02 Å². The second-order valence-corrected chi connectivity index (χ2v) is 12.7. The highest BCUT2D eigenvalue weighted by Crippen LogP contribution is 2.34. The monoisotopic (exact) mass is 613 g/mol. The fourth-order valence-electron chi connectivity index (χ4n) is 5.30. The number of pyridine rings is 1. The number of benzene rings is 2. The Hall–Kier alpha value is -2.64. The summed E-state index contributed by atoms with van der Waals surface area (Å²) >= 11 is 10.1. The predicted octanol–water partition coefficient (Wildman–Crippen LogP) is 7.58. The van der Waals surface area contributed by atoms with Crippen molar-refractivity contribution in [1.82, 2.24) is 10.3 Å². The Balaban J connectivity index is 1.63. The van der Waals surface area contributed by atoms with E-state index in [1.165, 1.54) is 0 Å². The second-order valence-electron chi connectivity index (χ2n) is 11.3. The first-order chi connectivity index (χ1) is 18.4. The summed E-state index contributed by atoms with van der Waals surface area (Å²) < 4.78 is 6.41. The molecule has 3 aromatic rings. The number of halogens is 2. The van der Waals surface area contributed by atoms with E-state index in [0.29, 0.717) is 29.6 Å². The van der Waals surface area contributed by atoms with Crippen LogP contribution in [0.25, 0.3) is 10.9 Å². The zero-order chi connectivity index (χ0) is 28.3. The van der Waals surface area contributed by atoms with Crippen molar-refractivity contribution in [3.05, 3.63) is 68.7 Å². The zero-order valence-electron chi connectivity index (χ0n) is 23.3. The molecular formula is C31H37BrClN3O3. The number of hydrogen-bond acceptors (Lipinski definition) is 5. The number of nitrogens with zero attached hydrogens (tertiary/aromatic N) is 2. The summed E-state index contributed by atoms with van der Waals surface area (Å²) in [6.07, 6.45) is 2.94. The van der Waals surface area contributed by atoms with Crippen molar-refractivity contribution in [2.45, 2.75) is 77.9 Å². The molecule has 2 aromatic carbocycles. The maximum Gasteiger partial charge on any atom is 0.306 e. The van der Waals surface area contributed by atoms with Crippen LogP contribution in [0.1, 0.15) is 80.8 Å². The zero-order valence-corrected chi connectivity index (χ0v) is 25.7. The number of anilines is 1. The molecule has 0 aliphatic carbocycles. The third-order valence-corrected chi connectivity index (χ3v) is 8.03. The summed E-state index contributed by atoms with van der Waals surface area (Å²) in [5.41, 5.74) is 2.63. The van der Waals surface area contributed by atoms with E-state index in [1.54, 1.807) is 0 Å². The molecule has 0 bridgehead atoms. The molecule has 2 atom stereocenters. The van der Waals surface area contributed by atoms with Crippen molar-refractivity contribution >= 4 is 56.1 Å². The first-order valence-electron chi connectivity index (χ1n) is 13.6. The third-order valence-electron chi connectivity index (χ3n) is 7.19. The van der Waals surface area contributed by atoms with E-state index in [4.69, 9.17) is 21.3 Å². The minimum absolute atomic E-state index is 0.159. The van der Waals surface area contributed by atoms with Gasteiger partial charge in [0, 0.05) is 51.9 Å². The highest BCUT2D eigenvalue weighted by molar-refractivity contribution is 9.10. The smallest absolute Gasteiger partial charge is 0.306 e. The topological polar surface area (TPSA) is 71.5 Å². The minimum atomic E-state index is -0.552. The molecule has 6 nitrogen and oxygen atoms in total. The Morgan fingerprint density at radius 1 is 1.23 bits per heavy atom. The molecule has 0 spiro atoms. The van der Waals surface area contributed by atoms with Crippen molar-refractivity contribution in [1.29, 1.82) is 0 Å². The van der Waals surface area contributed by atoms with Gasteiger partial charge in [-0.1, -0.05) is 45.7 Å². The largest absolute Gasteiger partial charge is 0.460 e. The van der Waals surface area contributed by atoms with Crippen molar-refractivity contribution < 1.29 is 14.3 Å². The van der Waals surface area contributed by atoms with Gasteiger partial charge in [0.1, 0.15) is 11.4 Å². The van der Waals surface area contributed by atoms with Gasteiger partial charge >= 0.3 is 5.97 Å². The number of rotatable bonds is 8. The summed E-state index contributed by atoms with van der Waals surface area (Å²) in [4.78, 5) is 33.7. The van der Waals surface area contributed by atoms with E-state index in [9.17, 15) is 9.59 Å². The number of ether oxygens (including phenoxy) is 1. The molecule has 1 saturated heterocycles. The van der Waals surface area contributed by atoms with Gasteiger partial charge in [0.2, 0.25) is 0 Å². The van der Waals surface area contributed by atoms with Gasteiger partial charge in [-0.3, -0.25) is 9.59 Å². The number of carbonyl (C=O) groups excluding carboxylic acids is 2. The normalized spacial score (nSPS) is 16.4. The summed E-state index contributed by atoms with van der Waals surface area (Å²) in [7, 11) is 0. The molecule has 208 valence electrons. The van der Waals surface area contributed by atoms with Gasteiger partial charge in [0.15, 0.2) is 0 Å². The van der Waals surface area contributed by atoms with Gasteiger partial charge in [0.05, 0.1) is 11.1 Å². The third kappa shape index (κ3) is 7.12. The number of fused-ring (bicyclic) bond motifs is 1. The molecule has 39 heavy (non-hydrogen) atoms. The van der Waals surface area contributed by atoms with Crippen molar-refractivity contribution in [2.75, 3.05) is 18.0 Å². The molecule has 2 heterocycles. The molecule has 0 saturated carbocycles. The summed E-state index contributed by atoms with van der Waals surface area (Å²) in [5, 5.41) is 4.58. The van der Waals surface area contributed by atoms with Crippen molar-refractivity contribution in [2.24, 2.45) is 0 Å². The number of nitrogens with one attached hydrogen (secondary N) is 1. The van der Waals surface area contributed by atoms with E-state index in [2.05, 4.69) is 33.1 Å². The van der Waals surface area contributed by atoms with Crippen molar-refractivity contribution in [3.8, 4) is 0 Å². The molecule has 0 radical (unpaired) electrons. The lowest BCUT2D eigenvalue weighted by molar-refractivity contribution is -0.155. The van der Waals surface area contributed by atoms with Crippen LogP contribution in [0.15, 0.2) is 46.9 Å². The van der Waals surface area contributed by atoms with Gasteiger partial charge in [0.25, 0.3) is 5.91 Å². The maximum absolute atomic E-state index is 13.9. The molecule has 1 aliphatic heterocycles. The fourth-order valence-corrected chi connectivity index (χ4v) is 5.95. The molecule has 1 aliphatic rings. The highest BCUT2D eigenvalue weighted by Gasteiger charge is 2.28. The second kappa shape index (κ2) is 12.3. The van der Waals surface area contributed by atoms with E-state index < -0.39 is 5.60 Å². The standard InChI is InChI=1S/C31H37BrClN3O3/c1-19-9-8-16-36(19)29-20(2)28(24-17-22(32)13-14-26(24)35-29)30(38)34-18-21(23-10-6-7-11-25(23)33)12-15-27(37)39-31(3,4)5/h6-7,10-11,13-14,17,19,21H,8-9,12,15-16,18H2,1-5H3,(H,34,38)/t19-,21?/m1/s1. The quantitative estimate of drug-likeness (QED) is 0.265. The van der Waals surface area contributed by atoms with Crippen LogP contribution in [0, 0.1) is 6.92 Å². The Morgan fingerprint density at radius 2 is 1.97 bits per heavy atom. The number of aromatic nitrogens is 1. The van der Waals surface area contributed by atoms with Crippen LogP contribution in [-0.2, 0) is 9.53 Å².